The average Bonchev–Trinajstić information content (AvgIpc) is 2.89. The summed E-state index contributed by atoms with van der Waals surface area (Å²) in [6.07, 6.45) is 0. The Morgan fingerprint density at radius 2 is 1.85 bits per heavy atom. The summed E-state index contributed by atoms with van der Waals surface area (Å²) in [4.78, 5) is 4.16. The minimum absolute atomic E-state index is 0.0416. The first kappa shape index (κ1) is 12.6. The van der Waals surface area contributed by atoms with Crippen LogP contribution < -0.4 is 5.73 Å². The maximum absolute atomic E-state index is 13.8. The molecular weight excluding hydrogens is 281 g/mol. The van der Waals surface area contributed by atoms with Gasteiger partial charge in [-0.25, -0.2) is 4.39 Å². The van der Waals surface area contributed by atoms with Gasteiger partial charge >= 0.3 is 0 Å². The minimum atomic E-state index is -0.509. The fraction of sp³-hybridized carbons (Fsp3) is 0. The molecular formula is C14H9ClFN3O. The summed E-state index contributed by atoms with van der Waals surface area (Å²) in [6.45, 7) is 0. The Balaban J connectivity index is 2.04. The van der Waals surface area contributed by atoms with E-state index in [9.17, 15) is 4.39 Å². The third-order valence-corrected chi connectivity index (χ3v) is 3.09. The van der Waals surface area contributed by atoms with Gasteiger partial charge in [0, 0.05) is 11.3 Å². The molecule has 3 rings (SSSR count). The Labute approximate surface area is 119 Å². The second-order valence-corrected chi connectivity index (χ2v) is 4.55. The zero-order valence-corrected chi connectivity index (χ0v) is 10.9. The molecule has 0 unspecified atom stereocenters. The second-order valence-electron chi connectivity index (χ2n) is 4.14. The van der Waals surface area contributed by atoms with Crippen molar-refractivity contribution in [1.29, 1.82) is 0 Å². The van der Waals surface area contributed by atoms with E-state index in [1.165, 1.54) is 12.1 Å². The number of hydrogen-bond donors (Lipinski definition) is 1. The maximum Gasteiger partial charge on any atom is 0.262 e. The molecule has 6 heteroatoms. The van der Waals surface area contributed by atoms with Gasteiger partial charge in [0.05, 0.1) is 10.6 Å². The van der Waals surface area contributed by atoms with Crippen LogP contribution in [-0.2, 0) is 0 Å². The molecule has 1 aromatic heterocycles. The predicted molar refractivity (Wildman–Crippen MR) is 74.6 cm³/mol. The molecule has 0 bridgehead atoms. The lowest BCUT2D eigenvalue weighted by Crippen LogP contribution is -1.87. The van der Waals surface area contributed by atoms with Gasteiger partial charge in [0.2, 0.25) is 5.82 Å². The normalized spacial score (nSPS) is 10.7. The van der Waals surface area contributed by atoms with E-state index in [1.807, 2.05) is 0 Å². The van der Waals surface area contributed by atoms with Gasteiger partial charge in [-0.3, -0.25) is 0 Å². The predicted octanol–water partition coefficient (Wildman–Crippen LogP) is 3.78. The number of nitrogen functional groups attached to an aromatic ring is 1. The highest BCUT2D eigenvalue weighted by molar-refractivity contribution is 6.33. The third kappa shape index (κ3) is 2.23. The molecule has 3 aromatic rings. The van der Waals surface area contributed by atoms with Crippen molar-refractivity contribution < 1.29 is 8.91 Å². The quantitative estimate of drug-likeness (QED) is 0.729. The molecule has 0 saturated heterocycles. The maximum atomic E-state index is 13.8. The van der Waals surface area contributed by atoms with Crippen LogP contribution in [0.3, 0.4) is 0 Å². The number of nitrogens with zero attached hydrogens (tertiary/aromatic N) is 2. The van der Waals surface area contributed by atoms with Crippen LogP contribution >= 0.6 is 11.6 Å². The first-order chi connectivity index (χ1) is 9.65. The lowest BCUT2D eigenvalue weighted by Gasteiger charge is -1.99. The first-order valence-corrected chi connectivity index (χ1v) is 6.17. The molecule has 0 radical (unpaired) electrons. The summed E-state index contributed by atoms with van der Waals surface area (Å²) >= 11 is 5.96. The van der Waals surface area contributed by atoms with Gasteiger partial charge in [0.15, 0.2) is 0 Å². The lowest BCUT2D eigenvalue weighted by molar-refractivity contribution is 0.429. The van der Waals surface area contributed by atoms with Crippen molar-refractivity contribution in [3.8, 4) is 22.8 Å². The number of hydrogen-bond acceptors (Lipinski definition) is 4. The number of benzene rings is 2. The molecule has 1 heterocycles. The van der Waals surface area contributed by atoms with Crippen LogP contribution in [0.25, 0.3) is 22.8 Å². The summed E-state index contributed by atoms with van der Waals surface area (Å²) in [6, 6.07) is 11.3. The van der Waals surface area contributed by atoms with Crippen LogP contribution in [0.15, 0.2) is 47.0 Å². The van der Waals surface area contributed by atoms with Crippen LogP contribution in [-0.4, -0.2) is 10.1 Å². The van der Waals surface area contributed by atoms with Gasteiger partial charge < -0.3 is 10.3 Å². The van der Waals surface area contributed by atoms with Crippen LogP contribution in [0.2, 0.25) is 5.02 Å². The number of aromatic nitrogens is 2. The molecule has 0 amide bonds. The summed E-state index contributed by atoms with van der Waals surface area (Å²) in [5, 5.41) is 4.04. The molecule has 0 saturated carbocycles. The zero-order valence-electron chi connectivity index (χ0n) is 10.2. The van der Waals surface area contributed by atoms with Crippen molar-refractivity contribution in [1.82, 2.24) is 10.1 Å². The summed E-state index contributed by atoms with van der Waals surface area (Å²) < 4.78 is 18.9. The third-order valence-electron chi connectivity index (χ3n) is 2.77. The molecule has 0 aliphatic heterocycles. The summed E-state index contributed by atoms with van der Waals surface area (Å²) in [7, 11) is 0. The SMILES string of the molecule is Nc1ccc(-c2noc(-c3c(F)cccc3Cl)n2)cc1. The topological polar surface area (TPSA) is 64.9 Å². The van der Waals surface area contributed by atoms with Gasteiger partial charge in [-0.2, -0.15) is 4.98 Å². The van der Waals surface area contributed by atoms with E-state index in [4.69, 9.17) is 21.9 Å². The fourth-order valence-corrected chi connectivity index (χ4v) is 2.02. The average molecular weight is 290 g/mol. The summed E-state index contributed by atoms with van der Waals surface area (Å²) in [5.41, 5.74) is 7.07. The van der Waals surface area contributed by atoms with Crippen LogP contribution in [0.4, 0.5) is 10.1 Å². The Kier molecular flexibility index (Phi) is 3.12. The molecule has 0 aliphatic rings. The van der Waals surface area contributed by atoms with Gasteiger partial charge in [-0.1, -0.05) is 22.8 Å². The van der Waals surface area contributed by atoms with Crippen molar-refractivity contribution in [2.75, 3.05) is 5.73 Å². The molecule has 0 fully saturated rings. The van der Waals surface area contributed by atoms with Crippen LogP contribution in [0, 0.1) is 5.82 Å². The molecule has 0 spiro atoms. The number of nitrogens with two attached hydrogens (primary N) is 1. The molecule has 0 atom stereocenters. The van der Waals surface area contributed by atoms with Crippen molar-refractivity contribution in [3.63, 3.8) is 0 Å². The monoisotopic (exact) mass is 289 g/mol. The van der Waals surface area contributed by atoms with Gasteiger partial charge in [0.1, 0.15) is 5.82 Å². The number of rotatable bonds is 2. The van der Waals surface area contributed by atoms with E-state index < -0.39 is 5.82 Å². The van der Waals surface area contributed by atoms with E-state index in [0.29, 0.717) is 11.5 Å². The van der Waals surface area contributed by atoms with Crippen molar-refractivity contribution in [2.24, 2.45) is 0 Å². The standard InChI is InChI=1S/C14H9ClFN3O/c15-10-2-1-3-11(16)12(10)14-18-13(19-20-14)8-4-6-9(17)7-5-8/h1-7H,17H2. The van der Waals surface area contributed by atoms with E-state index >= 15 is 0 Å². The van der Waals surface area contributed by atoms with Gasteiger partial charge in [0.25, 0.3) is 5.89 Å². The van der Waals surface area contributed by atoms with E-state index in [1.54, 1.807) is 30.3 Å². The van der Waals surface area contributed by atoms with Crippen LogP contribution in [0.5, 0.6) is 0 Å². The van der Waals surface area contributed by atoms with E-state index in [-0.39, 0.29) is 16.5 Å². The molecule has 0 aliphatic carbocycles. The smallest absolute Gasteiger partial charge is 0.262 e. The van der Waals surface area contributed by atoms with Crippen molar-refractivity contribution in [2.45, 2.75) is 0 Å². The minimum Gasteiger partial charge on any atom is -0.399 e. The fourth-order valence-electron chi connectivity index (χ4n) is 1.78. The van der Waals surface area contributed by atoms with Crippen molar-refractivity contribution >= 4 is 17.3 Å². The molecule has 2 aromatic carbocycles. The second kappa shape index (κ2) is 4.94. The molecule has 100 valence electrons. The van der Waals surface area contributed by atoms with Crippen molar-refractivity contribution in [3.05, 3.63) is 53.3 Å². The Morgan fingerprint density at radius 3 is 2.55 bits per heavy atom. The van der Waals surface area contributed by atoms with Gasteiger partial charge in [-0.15, -0.1) is 0 Å². The lowest BCUT2D eigenvalue weighted by atomic mass is 10.2. The Hall–Kier alpha value is -2.40. The largest absolute Gasteiger partial charge is 0.399 e. The highest BCUT2D eigenvalue weighted by Gasteiger charge is 2.17. The molecule has 2 N–H and O–H groups in total. The van der Waals surface area contributed by atoms with E-state index in [2.05, 4.69) is 10.1 Å². The van der Waals surface area contributed by atoms with Gasteiger partial charge in [-0.05, 0) is 36.4 Å². The Morgan fingerprint density at radius 1 is 1.10 bits per heavy atom. The molecule has 4 nitrogen and oxygen atoms in total. The highest BCUT2D eigenvalue weighted by Crippen LogP contribution is 2.30. The molecule has 20 heavy (non-hydrogen) atoms. The van der Waals surface area contributed by atoms with E-state index in [0.717, 1.165) is 5.56 Å². The Bertz CT molecular complexity index is 735. The summed E-state index contributed by atoms with van der Waals surface area (Å²) in [5.74, 6) is -0.121. The van der Waals surface area contributed by atoms with Crippen LogP contribution in [0.1, 0.15) is 0 Å². The highest BCUT2D eigenvalue weighted by atomic mass is 35.5. The zero-order chi connectivity index (χ0) is 14.1. The number of anilines is 1. The first-order valence-electron chi connectivity index (χ1n) is 5.79. The number of halogens is 2.